The standard InChI is InChI=1S/C13H18N4O/c14-12-3-1-2-10(15-12)8-16-6-7-17-11(9-16)4-5-13(17)18/h1-3,11H,4-9H2,(H2,14,15). The topological polar surface area (TPSA) is 62.5 Å². The molecule has 5 heteroatoms. The molecule has 2 N–H and O–H groups in total. The Bertz CT molecular complexity index is 462. The van der Waals surface area contributed by atoms with Gasteiger partial charge in [0.2, 0.25) is 5.91 Å². The second-order valence-electron chi connectivity index (χ2n) is 5.07. The van der Waals surface area contributed by atoms with Crippen molar-refractivity contribution in [2.45, 2.75) is 25.4 Å². The van der Waals surface area contributed by atoms with E-state index in [1.165, 1.54) is 0 Å². The Labute approximate surface area is 107 Å². The molecule has 2 fully saturated rings. The summed E-state index contributed by atoms with van der Waals surface area (Å²) in [7, 11) is 0. The van der Waals surface area contributed by atoms with Crippen molar-refractivity contribution in [3.8, 4) is 0 Å². The number of fused-ring (bicyclic) bond motifs is 1. The van der Waals surface area contributed by atoms with Crippen LogP contribution >= 0.6 is 0 Å². The van der Waals surface area contributed by atoms with E-state index < -0.39 is 0 Å². The molecule has 96 valence electrons. The van der Waals surface area contributed by atoms with E-state index >= 15 is 0 Å². The van der Waals surface area contributed by atoms with Gasteiger partial charge in [0.05, 0.1) is 5.69 Å². The van der Waals surface area contributed by atoms with Gasteiger partial charge in [-0.25, -0.2) is 4.98 Å². The second-order valence-corrected chi connectivity index (χ2v) is 5.07. The molecule has 18 heavy (non-hydrogen) atoms. The number of nitrogen functional groups attached to an aromatic ring is 1. The smallest absolute Gasteiger partial charge is 0.222 e. The average molecular weight is 246 g/mol. The third-order valence-electron chi connectivity index (χ3n) is 3.79. The van der Waals surface area contributed by atoms with Gasteiger partial charge in [0.25, 0.3) is 0 Å². The monoisotopic (exact) mass is 246 g/mol. The average Bonchev–Trinajstić information content (AvgIpc) is 2.71. The summed E-state index contributed by atoms with van der Waals surface area (Å²) in [5.41, 5.74) is 6.69. The number of hydrogen-bond donors (Lipinski definition) is 1. The van der Waals surface area contributed by atoms with Crippen LogP contribution in [0.4, 0.5) is 5.82 Å². The summed E-state index contributed by atoms with van der Waals surface area (Å²) in [6.07, 6.45) is 1.72. The van der Waals surface area contributed by atoms with Crippen LogP contribution in [0.15, 0.2) is 18.2 Å². The third kappa shape index (κ3) is 2.18. The van der Waals surface area contributed by atoms with Gasteiger partial charge in [0.1, 0.15) is 5.82 Å². The van der Waals surface area contributed by atoms with E-state index in [0.717, 1.165) is 44.7 Å². The van der Waals surface area contributed by atoms with Gasteiger partial charge in [-0.1, -0.05) is 6.07 Å². The molecular formula is C13H18N4O. The van der Waals surface area contributed by atoms with Crippen LogP contribution in [0.1, 0.15) is 18.5 Å². The maximum absolute atomic E-state index is 11.6. The molecule has 0 saturated carbocycles. The lowest BCUT2D eigenvalue weighted by molar-refractivity contribution is -0.130. The Balaban J connectivity index is 1.64. The summed E-state index contributed by atoms with van der Waals surface area (Å²) < 4.78 is 0. The minimum atomic E-state index is 0.321. The van der Waals surface area contributed by atoms with Crippen molar-refractivity contribution in [1.82, 2.24) is 14.8 Å². The zero-order valence-corrected chi connectivity index (χ0v) is 10.4. The predicted octanol–water partition coefficient (Wildman–Crippen LogP) is 0.470. The molecule has 1 aromatic rings. The highest BCUT2D eigenvalue weighted by molar-refractivity contribution is 5.78. The highest BCUT2D eigenvalue weighted by Crippen LogP contribution is 2.23. The summed E-state index contributed by atoms with van der Waals surface area (Å²) in [5, 5.41) is 0. The van der Waals surface area contributed by atoms with E-state index in [-0.39, 0.29) is 0 Å². The summed E-state index contributed by atoms with van der Waals surface area (Å²) in [6.45, 7) is 3.57. The van der Waals surface area contributed by atoms with Crippen LogP contribution in [0, 0.1) is 0 Å². The number of anilines is 1. The number of piperazine rings is 1. The maximum Gasteiger partial charge on any atom is 0.222 e. The zero-order valence-electron chi connectivity index (χ0n) is 10.4. The first kappa shape index (κ1) is 11.5. The van der Waals surface area contributed by atoms with Gasteiger partial charge in [-0.05, 0) is 18.6 Å². The Hall–Kier alpha value is -1.62. The first-order valence-corrected chi connectivity index (χ1v) is 6.45. The third-order valence-corrected chi connectivity index (χ3v) is 3.79. The largest absolute Gasteiger partial charge is 0.384 e. The summed E-state index contributed by atoms with van der Waals surface area (Å²) >= 11 is 0. The number of rotatable bonds is 2. The van der Waals surface area contributed by atoms with Gasteiger partial charge in [-0.15, -0.1) is 0 Å². The summed E-state index contributed by atoms with van der Waals surface area (Å²) in [4.78, 5) is 20.3. The Morgan fingerprint density at radius 1 is 1.39 bits per heavy atom. The number of amides is 1. The summed E-state index contributed by atoms with van der Waals surface area (Å²) in [6, 6.07) is 6.15. The minimum absolute atomic E-state index is 0.321. The van der Waals surface area contributed by atoms with E-state index in [2.05, 4.69) is 9.88 Å². The molecule has 1 amide bonds. The second kappa shape index (κ2) is 4.57. The Morgan fingerprint density at radius 3 is 3.11 bits per heavy atom. The molecule has 3 heterocycles. The van der Waals surface area contributed by atoms with Crippen molar-refractivity contribution in [2.24, 2.45) is 0 Å². The van der Waals surface area contributed by atoms with Crippen LogP contribution in [0.3, 0.4) is 0 Å². The van der Waals surface area contributed by atoms with Crippen LogP contribution < -0.4 is 5.73 Å². The molecule has 0 radical (unpaired) electrons. The number of hydrogen-bond acceptors (Lipinski definition) is 4. The maximum atomic E-state index is 11.6. The fourth-order valence-electron chi connectivity index (χ4n) is 2.89. The molecule has 2 aliphatic rings. The quantitative estimate of drug-likeness (QED) is 0.824. The molecule has 0 bridgehead atoms. The lowest BCUT2D eigenvalue weighted by Gasteiger charge is -2.37. The molecule has 0 spiro atoms. The normalized spacial score (nSPS) is 24.3. The fraction of sp³-hybridized carbons (Fsp3) is 0.538. The Kier molecular flexibility index (Phi) is 2.91. The first-order chi connectivity index (χ1) is 8.72. The van der Waals surface area contributed by atoms with Gasteiger partial charge in [-0.2, -0.15) is 0 Å². The van der Waals surface area contributed by atoms with E-state index in [9.17, 15) is 4.79 Å². The number of nitrogens with zero attached hydrogens (tertiary/aromatic N) is 3. The van der Waals surface area contributed by atoms with Crippen LogP contribution in [-0.4, -0.2) is 46.4 Å². The molecule has 3 rings (SSSR count). The van der Waals surface area contributed by atoms with Crippen molar-refractivity contribution in [1.29, 1.82) is 0 Å². The number of carbonyl (C=O) groups excluding carboxylic acids is 1. The molecule has 0 aliphatic carbocycles. The molecule has 1 aromatic heterocycles. The molecule has 2 saturated heterocycles. The van der Waals surface area contributed by atoms with Gasteiger partial charge >= 0.3 is 0 Å². The van der Waals surface area contributed by atoms with Gasteiger partial charge in [0, 0.05) is 38.6 Å². The van der Waals surface area contributed by atoms with Gasteiger partial charge in [-0.3, -0.25) is 9.69 Å². The van der Waals surface area contributed by atoms with Crippen LogP contribution in [0.2, 0.25) is 0 Å². The van der Waals surface area contributed by atoms with Gasteiger partial charge in [0.15, 0.2) is 0 Å². The molecule has 0 aromatic carbocycles. The SMILES string of the molecule is Nc1cccc(CN2CCN3C(=O)CCC3C2)n1. The molecule has 1 unspecified atom stereocenters. The first-order valence-electron chi connectivity index (χ1n) is 6.45. The number of carbonyl (C=O) groups is 1. The highest BCUT2D eigenvalue weighted by Gasteiger charge is 2.35. The van der Waals surface area contributed by atoms with E-state index in [1.54, 1.807) is 6.07 Å². The molecule has 2 aliphatic heterocycles. The van der Waals surface area contributed by atoms with Gasteiger partial charge < -0.3 is 10.6 Å². The number of nitrogens with two attached hydrogens (primary N) is 1. The van der Waals surface area contributed by atoms with Crippen molar-refractivity contribution in [2.75, 3.05) is 25.4 Å². The predicted molar refractivity (Wildman–Crippen MR) is 68.7 cm³/mol. The zero-order chi connectivity index (χ0) is 12.5. The van der Waals surface area contributed by atoms with Crippen molar-refractivity contribution in [3.63, 3.8) is 0 Å². The fourth-order valence-corrected chi connectivity index (χ4v) is 2.89. The van der Waals surface area contributed by atoms with Crippen LogP contribution in [0.25, 0.3) is 0 Å². The van der Waals surface area contributed by atoms with E-state index in [4.69, 9.17) is 5.73 Å². The number of pyridine rings is 1. The minimum Gasteiger partial charge on any atom is -0.384 e. The highest BCUT2D eigenvalue weighted by atomic mass is 16.2. The van der Waals surface area contributed by atoms with E-state index in [1.807, 2.05) is 17.0 Å². The van der Waals surface area contributed by atoms with Crippen LogP contribution in [0.5, 0.6) is 0 Å². The van der Waals surface area contributed by atoms with Crippen molar-refractivity contribution >= 4 is 11.7 Å². The number of aromatic nitrogens is 1. The van der Waals surface area contributed by atoms with Crippen molar-refractivity contribution in [3.05, 3.63) is 23.9 Å². The molecule has 1 atom stereocenters. The van der Waals surface area contributed by atoms with Crippen molar-refractivity contribution < 1.29 is 4.79 Å². The lowest BCUT2D eigenvalue weighted by Crippen LogP contribution is -2.51. The molecular weight excluding hydrogens is 228 g/mol. The molecule has 5 nitrogen and oxygen atoms in total. The van der Waals surface area contributed by atoms with E-state index in [0.29, 0.717) is 17.8 Å². The summed E-state index contributed by atoms with van der Waals surface area (Å²) in [5.74, 6) is 0.893. The Morgan fingerprint density at radius 2 is 2.28 bits per heavy atom. The lowest BCUT2D eigenvalue weighted by atomic mass is 10.1. The van der Waals surface area contributed by atoms with Crippen LogP contribution in [-0.2, 0) is 11.3 Å².